The van der Waals surface area contributed by atoms with Gasteiger partial charge in [0.2, 0.25) is 5.91 Å². The Kier molecular flexibility index (Phi) is 5.49. The van der Waals surface area contributed by atoms with Crippen molar-refractivity contribution in [3.63, 3.8) is 0 Å². The van der Waals surface area contributed by atoms with E-state index in [0.29, 0.717) is 16.6 Å². The third-order valence-electron chi connectivity index (χ3n) is 3.14. The molecule has 2 amide bonds. The number of ether oxygens (including phenoxy) is 1. The van der Waals surface area contributed by atoms with Gasteiger partial charge in [0, 0.05) is 16.2 Å². The monoisotopic (exact) mass is 467 g/mol. The molecule has 0 fully saturated rings. The minimum absolute atomic E-state index is 0.0710. The molecular weight excluding hydrogens is 453 g/mol. The molecule has 0 aliphatic heterocycles. The van der Waals surface area contributed by atoms with E-state index in [2.05, 4.69) is 38.2 Å². The summed E-state index contributed by atoms with van der Waals surface area (Å²) in [6.45, 7) is 1.36. The minimum atomic E-state index is -0.246. The molecule has 0 saturated carbocycles. The van der Waals surface area contributed by atoms with Crippen LogP contribution in [0.25, 0.3) is 10.2 Å². The number of halogens is 1. The van der Waals surface area contributed by atoms with Gasteiger partial charge in [-0.15, -0.1) is 0 Å². The first-order chi connectivity index (χ1) is 12.0. The number of benzene rings is 2. The van der Waals surface area contributed by atoms with Crippen molar-refractivity contribution in [2.24, 2.45) is 0 Å². The first-order valence-corrected chi connectivity index (χ1v) is 9.25. The van der Waals surface area contributed by atoms with E-state index in [4.69, 9.17) is 4.74 Å². The lowest BCUT2D eigenvalue weighted by Crippen LogP contribution is -2.20. The summed E-state index contributed by atoms with van der Waals surface area (Å²) in [5, 5.41) is 5.98. The average molecular weight is 467 g/mol. The van der Waals surface area contributed by atoms with E-state index in [1.807, 2.05) is 30.3 Å². The molecule has 0 aliphatic carbocycles. The lowest BCUT2D eigenvalue weighted by atomic mass is 10.3. The second-order valence-corrected chi connectivity index (χ2v) is 7.45. The number of hydrogen-bond donors (Lipinski definition) is 2. The molecule has 0 saturated heterocycles. The first kappa shape index (κ1) is 17.6. The standard InChI is InChI=1S/C17H14IN3O3S/c1-10(22)19-17-21-14-7-4-12(8-15(14)25-17)20-16(23)9-24-13-5-2-11(18)3-6-13/h2-8H,9H2,1H3,(H,20,23)(H,19,21,22). The number of carbonyl (C=O) groups excluding carboxylic acids is 2. The van der Waals surface area contributed by atoms with Gasteiger partial charge in [-0.3, -0.25) is 9.59 Å². The summed E-state index contributed by atoms with van der Waals surface area (Å²) in [4.78, 5) is 27.4. The summed E-state index contributed by atoms with van der Waals surface area (Å²) >= 11 is 3.56. The molecular formula is C17H14IN3O3S. The number of anilines is 2. The highest BCUT2D eigenvalue weighted by atomic mass is 127. The first-order valence-electron chi connectivity index (χ1n) is 7.36. The highest BCUT2D eigenvalue weighted by Gasteiger charge is 2.08. The van der Waals surface area contributed by atoms with Crippen molar-refractivity contribution < 1.29 is 14.3 Å². The van der Waals surface area contributed by atoms with E-state index in [-0.39, 0.29) is 18.4 Å². The third-order valence-corrected chi connectivity index (χ3v) is 4.79. The van der Waals surface area contributed by atoms with E-state index in [1.54, 1.807) is 12.1 Å². The van der Waals surface area contributed by atoms with Crippen LogP contribution in [0.5, 0.6) is 5.75 Å². The number of hydrogen-bond acceptors (Lipinski definition) is 5. The second-order valence-electron chi connectivity index (χ2n) is 5.17. The lowest BCUT2D eigenvalue weighted by Gasteiger charge is -2.07. The van der Waals surface area contributed by atoms with Gasteiger partial charge in [-0.05, 0) is 65.1 Å². The van der Waals surface area contributed by atoms with Gasteiger partial charge in [-0.1, -0.05) is 11.3 Å². The molecule has 0 radical (unpaired) electrons. The Balaban J connectivity index is 1.62. The Bertz CT molecular complexity index is 925. The lowest BCUT2D eigenvalue weighted by molar-refractivity contribution is -0.118. The summed E-state index contributed by atoms with van der Waals surface area (Å²) < 4.78 is 7.44. The van der Waals surface area contributed by atoms with Crippen LogP contribution in [-0.2, 0) is 9.59 Å². The van der Waals surface area contributed by atoms with Crippen molar-refractivity contribution in [3.05, 3.63) is 46.0 Å². The summed E-state index contributed by atoms with van der Waals surface area (Å²) in [5.41, 5.74) is 1.42. The highest BCUT2D eigenvalue weighted by molar-refractivity contribution is 14.1. The normalized spacial score (nSPS) is 10.5. The van der Waals surface area contributed by atoms with Gasteiger partial charge in [0.25, 0.3) is 5.91 Å². The van der Waals surface area contributed by atoms with Gasteiger partial charge in [0.15, 0.2) is 11.7 Å². The molecule has 3 aromatic rings. The van der Waals surface area contributed by atoms with Crippen LogP contribution in [0.2, 0.25) is 0 Å². The van der Waals surface area contributed by atoms with Crippen LogP contribution in [0, 0.1) is 3.57 Å². The quantitative estimate of drug-likeness (QED) is 0.559. The predicted molar refractivity (Wildman–Crippen MR) is 107 cm³/mol. The molecule has 3 rings (SSSR count). The number of thiazole rings is 1. The summed E-state index contributed by atoms with van der Waals surface area (Å²) in [7, 11) is 0. The molecule has 6 nitrogen and oxygen atoms in total. The smallest absolute Gasteiger partial charge is 0.262 e. The molecule has 0 aliphatic rings. The Labute approximate surface area is 161 Å². The summed E-state index contributed by atoms with van der Waals surface area (Å²) in [5.74, 6) is 0.234. The third kappa shape index (κ3) is 4.89. The van der Waals surface area contributed by atoms with E-state index in [9.17, 15) is 9.59 Å². The number of amides is 2. The van der Waals surface area contributed by atoms with Crippen LogP contribution >= 0.6 is 33.9 Å². The van der Waals surface area contributed by atoms with Gasteiger partial charge in [0.1, 0.15) is 5.75 Å². The van der Waals surface area contributed by atoms with Crippen molar-refractivity contribution in [2.45, 2.75) is 6.92 Å². The number of nitrogens with one attached hydrogen (secondary N) is 2. The average Bonchev–Trinajstić information content (AvgIpc) is 2.95. The second kappa shape index (κ2) is 7.79. The van der Waals surface area contributed by atoms with Gasteiger partial charge < -0.3 is 15.4 Å². The molecule has 8 heteroatoms. The van der Waals surface area contributed by atoms with Crippen LogP contribution in [0.1, 0.15) is 6.92 Å². The predicted octanol–water partition coefficient (Wildman–Crippen LogP) is 3.88. The van der Waals surface area contributed by atoms with Gasteiger partial charge in [-0.25, -0.2) is 4.98 Å². The van der Waals surface area contributed by atoms with E-state index in [0.717, 1.165) is 13.8 Å². The SMILES string of the molecule is CC(=O)Nc1nc2ccc(NC(=O)COc3ccc(I)cc3)cc2s1. The summed E-state index contributed by atoms with van der Waals surface area (Å²) in [6.07, 6.45) is 0. The Hall–Kier alpha value is -2.20. The zero-order valence-corrected chi connectivity index (χ0v) is 16.2. The van der Waals surface area contributed by atoms with E-state index in [1.165, 1.54) is 18.3 Å². The zero-order valence-electron chi connectivity index (χ0n) is 13.2. The molecule has 2 aromatic carbocycles. The van der Waals surface area contributed by atoms with Crippen LogP contribution < -0.4 is 15.4 Å². The van der Waals surface area contributed by atoms with Crippen LogP contribution in [0.3, 0.4) is 0 Å². The number of fused-ring (bicyclic) bond motifs is 1. The van der Waals surface area contributed by atoms with E-state index < -0.39 is 0 Å². The maximum Gasteiger partial charge on any atom is 0.262 e. The molecule has 2 N–H and O–H groups in total. The molecule has 0 atom stereocenters. The maximum absolute atomic E-state index is 12.0. The van der Waals surface area contributed by atoms with Crippen molar-refractivity contribution >= 4 is 66.8 Å². The number of nitrogens with zero attached hydrogens (tertiary/aromatic N) is 1. The van der Waals surface area contributed by atoms with Gasteiger partial charge in [0.05, 0.1) is 10.2 Å². The molecule has 1 heterocycles. The van der Waals surface area contributed by atoms with Crippen LogP contribution in [-0.4, -0.2) is 23.4 Å². The highest BCUT2D eigenvalue weighted by Crippen LogP contribution is 2.28. The van der Waals surface area contributed by atoms with Crippen LogP contribution in [0.15, 0.2) is 42.5 Å². The van der Waals surface area contributed by atoms with Crippen molar-refractivity contribution in [3.8, 4) is 5.75 Å². The molecule has 0 spiro atoms. The Morgan fingerprint density at radius 1 is 1.16 bits per heavy atom. The fourth-order valence-electron chi connectivity index (χ4n) is 2.08. The number of aromatic nitrogens is 1. The van der Waals surface area contributed by atoms with Crippen LogP contribution in [0.4, 0.5) is 10.8 Å². The number of carbonyl (C=O) groups is 2. The fourth-order valence-corrected chi connectivity index (χ4v) is 3.39. The Morgan fingerprint density at radius 3 is 2.64 bits per heavy atom. The number of rotatable bonds is 5. The zero-order chi connectivity index (χ0) is 17.8. The fraction of sp³-hybridized carbons (Fsp3) is 0.118. The van der Waals surface area contributed by atoms with Crippen molar-refractivity contribution in [1.82, 2.24) is 4.98 Å². The topological polar surface area (TPSA) is 80.3 Å². The Morgan fingerprint density at radius 2 is 1.92 bits per heavy atom. The molecule has 25 heavy (non-hydrogen) atoms. The summed E-state index contributed by atoms with van der Waals surface area (Å²) in [6, 6.07) is 12.9. The molecule has 0 bridgehead atoms. The molecule has 128 valence electrons. The maximum atomic E-state index is 12.0. The van der Waals surface area contributed by atoms with E-state index >= 15 is 0 Å². The van der Waals surface area contributed by atoms with Crippen molar-refractivity contribution in [1.29, 1.82) is 0 Å². The van der Waals surface area contributed by atoms with Crippen molar-refractivity contribution in [2.75, 3.05) is 17.2 Å². The molecule has 1 aromatic heterocycles. The minimum Gasteiger partial charge on any atom is -0.484 e. The van der Waals surface area contributed by atoms with Gasteiger partial charge in [-0.2, -0.15) is 0 Å². The van der Waals surface area contributed by atoms with Gasteiger partial charge >= 0.3 is 0 Å². The largest absolute Gasteiger partial charge is 0.484 e. The molecule has 0 unspecified atom stereocenters.